The lowest BCUT2D eigenvalue weighted by molar-refractivity contribution is -0.149. The van der Waals surface area contributed by atoms with Crippen LogP contribution in [0.5, 0.6) is 0 Å². The Labute approximate surface area is 138 Å². The van der Waals surface area contributed by atoms with E-state index in [1.165, 1.54) is 6.92 Å². The number of hydrogen-bond acceptors (Lipinski definition) is 4. The Bertz CT molecular complexity index is 558. The van der Waals surface area contributed by atoms with Gasteiger partial charge in [-0.3, -0.25) is 4.79 Å². The minimum Gasteiger partial charge on any atom is -0.462 e. The molecule has 1 N–H and O–H groups in total. The summed E-state index contributed by atoms with van der Waals surface area (Å²) in [5, 5.41) is 8.76. The summed E-state index contributed by atoms with van der Waals surface area (Å²) in [4.78, 5) is 11.3. The highest BCUT2D eigenvalue weighted by Gasteiger charge is 2.75. The number of ether oxygens (including phenoxy) is 2. The van der Waals surface area contributed by atoms with E-state index in [1.54, 1.807) is 6.08 Å². The van der Waals surface area contributed by atoms with E-state index >= 15 is 0 Å². The molecule has 1 heterocycles. The summed E-state index contributed by atoms with van der Waals surface area (Å²) in [5.41, 5.74) is 0.386. The van der Waals surface area contributed by atoms with Crippen molar-refractivity contribution in [1.29, 1.82) is 0 Å². The van der Waals surface area contributed by atoms with Gasteiger partial charge in [-0.05, 0) is 26.3 Å². The van der Waals surface area contributed by atoms with Gasteiger partial charge in [0, 0.05) is 18.8 Å². The van der Waals surface area contributed by atoms with Crippen LogP contribution in [0.1, 0.15) is 47.5 Å². The molecule has 4 heteroatoms. The number of fused-ring (bicyclic) bond motifs is 1. The maximum Gasteiger partial charge on any atom is 0.302 e. The normalized spacial score (nSPS) is 36.3. The summed E-state index contributed by atoms with van der Waals surface area (Å²) in [6, 6.07) is 0. The zero-order chi connectivity index (χ0) is 17.3. The van der Waals surface area contributed by atoms with E-state index in [9.17, 15) is 4.79 Å². The van der Waals surface area contributed by atoms with Crippen molar-refractivity contribution in [3.63, 3.8) is 0 Å². The molecule has 4 nitrogen and oxygen atoms in total. The van der Waals surface area contributed by atoms with E-state index < -0.39 is 0 Å². The van der Waals surface area contributed by atoms with Crippen LogP contribution in [0, 0.1) is 5.41 Å². The van der Waals surface area contributed by atoms with Crippen molar-refractivity contribution in [2.45, 2.75) is 64.8 Å². The standard InChI is InChI=1S/C19H28O4/c1-14(8-6-7-11-20)9-10-19-17(3,4)12-16(22-15(2)21)13-18(19,5)23-19/h6-10,16,20H,11-13H2,1-5H3/b7-6+,10-9+,14-8+/t16-,18+,19-/m0/s1. The van der Waals surface area contributed by atoms with Gasteiger partial charge in [-0.25, -0.2) is 0 Å². The highest BCUT2D eigenvalue weighted by molar-refractivity contribution is 5.66. The molecule has 0 aromatic carbocycles. The van der Waals surface area contributed by atoms with Crippen molar-refractivity contribution in [3.05, 3.63) is 36.0 Å². The molecule has 0 spiro atoms. The second kappa shape index (κ2) is 6.25. The third-order valence-electron chi connectivity index (χ3n) is 5.00. The van der Waals surface area contributed by atoms with Crippen molar-refractivity contribution in [1.82, 2.24) is 0 Å². The summed E-state index contributed by atoms with van der Waals surface area (Å²) < 4.78 is 11.6. The van der Waals surface area contributed by atoms with Crippen LogP contribution in [-0.2, 0) is 14.3 Å². The van der Waals surface area contributed by atoms with Gasteiger partial charge in [0.2, 0.25) is 0 Å². The van der Waals surface area contributed by atoms with Gasteiger partial charge in [0.25, 0.3) is 0 Å². The summed E-state index contributed by atoms with van der Waals surface area (Å²) in [7, 11) is 0. The summed E-state index contributed by atoms with van der Waals surface area (Å²) in [6.45, 7) is 9.96. The number of aliphatic hydroxyl groups is 1. The number of hydrogen-bond donors (Lipinski definition) is 1. The average molecular weight is 320 g/mol. The van der Waals surface area contributed by atoms with Crippen LogP contribution in [0.4, 0.5) is 0 Å². The van der Waals surface area contributed by atoms with Gasteiger partial charge in [0.05, 0.1) is 6.61 Å². The number of esters is 1. The third-order valence-corrected chi connectivity index (χ3v) is 5.00. The molecule has 1 saturated carbocycles. The molecular formula is C19H28O4. The first-order valence-corrected chi connectivity index (χ1v) is 8.17. The Kier molecular flexibility index (Phi) is 4.88. The maximum absolute atomic E-state index is 11.3. The number of allylic oxidation sites excluding steroid dienone is 4. The number of epoxide rings is 1. The van der Waals surface area contributed by atoms with E-state index in [0.29, 0.717) is 0 Å². The Morgan fingerprint density at radius 2 is 2.00 bits per heavy atom. The largest absolute Gasteiger partial charge is 0.462 e. The smallest absolute Gasteiger partial charge is 0.302 e. The fraction of sp³-hybridized carbons (Fsp3) is 0.632. The molecule has 2 rings (SSSR count). The Hall–Kier alpha value is -1.39. The van der Waals surface area contributed by atoms with Crippen LogP contribution < -0.4 is 0 Å². The summed E-state index contributed by atoms with van der Waals surface area (Å²) in [6.07, 6.45) is 11.2. The van der Waals surface area contributed by atoms with Gasteiger partial charge in [0.15, 0.2) is 0 Å². The van der Waals surface area contributed by atoms with Crippen molar-refractivity contribution in [3.8, 4) is 0 Å². The average Bonchev–Trinajstić information content (AvgIpc) is 3.02. The Morgan fingerprint density at radius 3 is 2.57 bits per heavy atom. The van der Waals surface area contributed by atoms with Crippen LogP contribution in [0.3, 0.4) is 0 Å². The molecule has 0 bridgehead atoms. The number of rotatable bonds is 5. The van der Waals surface area contributed by atoms with Crippen molar-refractivity contribution >= 4 is 5.97 Å². The molecule has 1 saturated heterocycles. The lowest BCUT2D eigenvalue weighted by atomic mass is 9.63. The van der Waals surface area contributed by atoms with Gasteiger partial charge in [-0.2, -0.15) is 0 Å². The number of aliphatic hydroxyl groups excluding tert-OH is 1. The van der Waals surface area contributed by atoms with Gasteiger partial charge < -0.3 is 14.6 Å². The monoisotopic (exact) mass is 320 g/mol. The SMILES string of the molecule is CC(=O)O[C@H]1CC(C)(C)[C@]2(/C=C/C(C)=C/C=C/CO)O[C@]2(C)C1. The first-order chi connectivity index (χ1) is 10.7. The number of carbonyl (C=O) groups is 1. The highest BCUT2D eigenvalue weighted by atomic mass is 16.6. The number of carbonyl (C=O) groups excluding carboxylic acids is 1. The second-order valence-electron chi connectivity index (χ2n) is 7.45. The van der Waals surface area contributed by atoms with Crippen LogP contribution in [0.15, 0.2) is 36.0 Å². The van der Waals surface area contributed by atoms with Gasteiger partial charge in [-0.15, -0.1) is 0 Å². The molecule has 0 unspecified atom stereocenters. The van der Waals surface area contributed by atoms with Crippen molar-refractivity contribution in [2.24, 2.45) is 5.41 Å². The lowest BCUT2D eigenvalue weighted by Crippen LogP contribution is -2.47. The van der Waals surface area contributed by atoms with Gasteiger partial charge in [-0.1, -0.05) is 43.7 Å². The van der Waals surface area contributed by atoms with E-state index in [0.717, 1.165) is 18.4 Å². The topological polar surface area (TPSA) is 59.1 Å². The van der Waals surface area contributed by atoms with E-state index in [4.69, 9.17) is 14.6 Å². The zero-order valence-electron chi connectivity index (χ0n) is 14.8. The minimum absolute atomic E-state index is 0.0448. The maximum atomic E-state index is 11.3. The molecule has 1 aliphatic carbocycles. The van der Waals surface area contributed by atoms with Crippen LogP contribution in [0.25, 0.3) is 0 Å². The molecule has 0 amide bonds. The fourth-order valence-electron chi connectivity index (χ4n) is 3.94. The van der Waals surface area contributed by atoms with Gasteiger partial charge >= 0.3 is 5.97 Å². The molecule has 0 aromatic rings. The Balaban J connectivity index is 2.15. The molecule has 23 heavy (non-hydrogen) atoms. The van der Waals surface area contributed by atoms with Crippen molar-refractivity contribution in [2.75, 3.05) is 6.61 Å². The zero-order valence-corrected chi connectivity index (χ0v) is 14.8. The fourth-order valence-corrected chi connectivity index (χ4v) is 3.94. The van der Waals surface area contributed by atoms with Crippen molar-refractivity contribution < 1.29 is 19.4 Å². The second-order valence-corrected chi connectivity index (χ2v) is 7.45. The predicted octanol–water partition coefficient (Wildman–Crippen LogP) is 3.32. The van der Waals surface area contributed by atoms with E-state index in [-0.39, 0.29) is 35.3 Å². The molecule has 0 radical (unpaired) electrons. The molecule has 1 aliphatic heterocycles. The highest BCUT2D eigenvalue weighted by Crippen LogP contribution is 2.66. The summed E-state index contributed by atoms with van der Waals surface area (Å²) in [5.74, 6) is -0.229. The molecule has 0 aromatic heterocycles. The summed E-state index contributed by atoms with van der Waals surface area (Å²) >= 11 is 0. The molecular weight excluding hydrogens is 292 g/mol. The van der Waals surface area contributed by atoms with E-state index in [2.05, 4.69) is 32.9 Å². The first kappa shape index (κ1) is 18.0. The van der Waals surface area contributed by atoms with Crippen LogP contribution >= 0.6 is 0 Å². The molecule has 2 fully saturated rings. The third kappa shape index (κ3) is 3.43. The van der Waals surface area contributed by atoms with E-state index in [1.807, 2.05) is 19.1 Å². The Morgan fingerprint density at radius 1 is 1.30 bits per heavy atom. The van der Waals surface area contributed by atoms with Crippen LogP contribution in [0.2, 0.25) is 0 Å². The quantitative estimate of drug-likeness (QED) is 0.479. The molecule has 2 aliphatic rings. The first-order valence-electron chi connectivity index (χ1n) is 8.17. The molecule has 3 atom stereocenters. The van der Waals surface area contributed by atoms with Gasteiger partial charge in [0.1, 0.15) is 17.3 Å². The minimum atomic E-state index is -0.313. The molecule has 128 valence electrons. The lowest BCUT2D eigenvalue weighted by Gasteiger charge is -2.40. The van der Waals surface area contributed by atoms with Crippen LogP contribution in [-0.4, -0.2) is 35.0 Å². The predicted molar refractivity (Wildman–Crippen MR) is 89.9 cm³/mol.